The molecule has 0 aliphatic rings. The third-order valence-electron chi connectivity index (χ3n) is 5.28. The predicted molar refractivity (Wildman–Crippen MR) is 112 cm³/mol. The van der Waals surface area contributed by atoms with E-state index in [0.29, 0.717) is 0 Å². The Morgan fingerprint density at radius 3 is 2.23 bits per heavy atom. The summed E-state index contributed by atoms with van der Waals surface area (Å²) < 4.78 is 82.9. The lowest BCUT2D eigenvalue weighted by Crippen LogP contribution is -1.96. The first kappa shape index (κ1) is 22.9. The van der Waals surface area contributed by atoms with Gasteiger partial charge in [0.2, 0.25) is 0 Å². The summed E-state index contributed by atoms with van der Waals surface area (Å²) >= 11 is 0. The van der Waals surface area contributed by atoms with Gasteiger partial charge >= 0.3 is 0 Å². The Morgan fingerprint density at radius 2 is 1.55 bits per heavy atom. The lowest BCUT2D eigenvalue weighted by Gasteiger charge is -2.11. The largest absolute Gasteiger partial charge is 0.271 e. The van der Waals surface area contributed by atoms with Gasteiger partial charge in [-0.15, -0.1) is 0 Å². The summed E-state index contributed by atoms with van der Waals surface area (Å²) in [6.07, 6.45) is 3.89. The van der Waals surface area contributed by atoms with Crippen LogP contribution in [0.4, 0.5) is 26.3 Å². The topological polar surface area (TPSA) is 0 Å². The molecule has 0 atom stereocenters. The molecule has 0 heterocycles. The molecule has 3 aromatic carbocycles. The van der Waals surface area contributed by atoms with E-state index in [4.69, 9.17) is 0 Å². The van der Waals surface area contributed by atoms with Crippen LogP contribution in [0.1, 0.15) is 50.2 Å². The average Bonchev–Trinajstić information content (AvgIpc) is 2.70. The highest BCUT2D eigenvalue weighted by Crippen LogP contribution is 2.33. The van der Waals surface area contributed by atoms with Gasteiger partial charge in [0.15, 0.2) is 0 Å². The molecule has 0 bridgehead atoms. The molecule has 0 amide bonds. The molecule has 0 nitrogen and oxygen atoms in total. The SMILES string of the molecule is CCCCCCCc1ccc(-c2cc(F)c3c(F)c(C=C(F)F)c(F)cc3c2)c(F)c1. The summed E-state index contributed by atoms with van der Waals surface area (Å²) in [5.41, 5.74) is 0.000260. The quantitative estimate of drug-likeness (QED) is 0.244. The smallest absolute Gasteiger partial charge is 0.206 e. The molecule has 3 rings (SSSR count). The van der Waals surface area contributed by atoms with Crippen LogP contribution in [-0.2, 0) is 6.42 Å². The van der Waals surface area contributed by atoms with Crippen molar-refractivity contribution < 1.29 is 26.3 Å². The molecule has 0 spiro atoms. The molecule has 3 aromatic rings. The second kappa shape index (κ2) is 10.0. The van der Waals surface area contributed by atoms with Gasteiger partial charge in [0, 0.05) is 11.6 Å². The molecule has 0 aromatic heterocycles. The van der Waals surface area contributed by atoms with Crippen molar-refractivity contribution in [3.63, 3.8) is 0 Å². The van der Waals surface area contributed by atoms with Gasteiger partial charge in [0.1, 0.15) is 23.3 Å². The molecule has 6 heteroatoms. The van der Waals surface area contributed by atoms with Gasteiger partial charge in [-0.3, -0.25) is 0 Å². The fourth-order valence-electron chi connectivity index (χ4n) is 3.70. The number of aryl methyl sites for hydroxylation is 1. The van der Waals surface area contributed by atoms with E-state index in [9.17, 15) is 26.3 Å². The van der Waals surface area contributed by atoms with E-state index < -0.39 is 40.3 Å². The van der Waals surface area contributed by atoms with Gasteiger partial charge in [0.25, 0.3) is 6.08 Å². The monoisotopic (exact) mass is 436 g/mol. The summed E-state index contributed by atoms with van der Waals surface area (Å²) in [5.74, 6) is -4.33. The van der Waals surface area contributed by atoms with Crippen molar-refractivity contribution in [3.8, 4) is 11.1 Å². The van der Waals surface area contributed by atoms with E-state index >= 15 is 0 Å². The number of fused-ring (bicyclic) bond motifs is 1. The van der Waals surface area contributed by atoms with E-state index in [-0.39, 0.29) is 22.6 Å². The van der Waals surface area contributed by atoms with Crippen molar-refractivity contribution in [1.29, 1.82) is 0 Å². The Bertz CT molecular complexity index is 1110. The molecule has 31 heavy (non-hydrogen) atoms. The number of hydrogen-bond donors (Lipinski definition) is 0. The summed E-state index contributed by atoms with van der Waals surface area (Å²) in [5, 5.41) is -0.803. The third-order valence-corrected chi connectivity index (χ3v) is 5.28. The van der Waals surface area contributed by atoms with Crippen molar-refractivity contribution >= 4 is 16.8 Å². The number of hydrogen-bond acceptors (Lipinski definition) is 0. The first-order valence-corrected chi connectivity index (χ1v) is 10.2. The van der Waals surface area contributed by atoms with E-state index in [1.165, 1.54) is 24.6 Å². The molecular formula is C25H22F6. The average molecular weight is 436 g/mol. The fourth-order valence-corrected chi connectivity index (χ4v) is 3.70. The lowest BCUT2D eigenvalue weighted by atomic mass is 9.96. The van der Waals surface area contributed by atoms with Crippen LogP contribution in [-0.4, -0.2) is 0 Å². The van der Waals surface area contributed by atoms with Crippen molar-refractivity contribution in [3.05, 3.63) is 76.9 Å². The van der Waals surface area contributed by atoms with Crippen molar-refractivity contribution in [2.75, 3.05) is 0 Å². The van der Waals surface area contributed by atoms with Crippen LogP contribution in [0.15, 0.2) is 42.5 Å². The Kier molecular flexibility index (Phi) is 7.42. The molecule has 164 valence electrons. The van der Waals surface area contributed by atoms with Crippen LogP contribution in [0.25, 0.3) is 28.0 Å². The maximum Gasteiger partial charge on any atom is 0.271 e. The summed E-state index contributed by atoms with van der Waals surface area (Å²) in [6.45, 7) is 2.13. The first-order valence-electron chi connectivity index (χ1n) is 10.2. The highest BCUT2D eigenvalue weighted by Gasteiger charge is 2.18. The zero-order valence-electron chi connectivity index (χ0n) is 17.1. The van der Waals surface area contributed by atoms with E-state index in [0.717, 1.165) is 49.8 Å². The number of unbranched alkanes of at least 4 members (excludes halogenated alkanes) is 4. The standard InChI is InChI=1S/C25H22F6/c1-2-3-4-5-6-7-15-8-9-18(20(26)10-15)16-11-17-13-21(27)19(14-23(29)30)25(31)24(17)22(28)12-16/h8-14H,2-7H2,1H3. The molecule has 0 unspecified atom stereocenters. The normalized spacial score (nSPS) is 11.2. The highest BCUT2D eigenvalue weighted by atomic mass is 19.3. The summed E-state index contributed by atoms with van der Waals surface area (Å²) in [7, 11) is 0. The Hall–Kier alpha value is -2.76. The van der Waals surface area contributed by atoms with Gasteiger partial charge in [0.05, 0.1) is 10.9 Å². The van der Waals surface area contributed by atoms with Gasteiger partial charge in [-0.2, -0.15) is 8.78 Å². The van der Waals surface area contributed by atoms with Crippen LogP contribution in [0, 0.1) is 23.3 Å². The lowest BCUT2D eigenvalue weighted by molar-refractivity contribution is 0.428. The number of benzene rings is 3. The predicted octanol–water partition coefficient (Wildman–Crippen LogP) is 8.81. The van der Waals surface area contributed by atoms with E-state index in [1.807, 2.05) is 0 Å². The van der Waals surface area contributed by atoms with Gasteiger partial charge in [-0.05, 0) is 53.6 Å². The fraction of sp³-hybridized carbons (Fsp3) is 0.280. The minimum absolute atomic E-state index is 0.0120. The third kappa shape index (κ3) is 5.30. The minimum atomic E-state index is -2.30. The maximum atomic E-state index is 14.7. The minimum Gasteiger partial charge on any atom is -0.206 e. The van der Waals surface area contributed by atoms with E-state index in [1.54, 1.807) is 6.07 Å². The molecular weight excluding hydrogens is 414 g/mol. The van der Waals surface area contributed by atoms with Gasteiger partial charge < -0.3 is 0 Å². The molecule has 0 saturated heterocycles. The zero-order valence-corrected chi connectivity index (χ0v) is 17.1. The van der Waals surface area contributed by atoms with Crippen LogP contribution in [0.5, 0.6) is 0 Å². The van der Waals surface area contributed by atoms with Crippen molar-refractivity contribution in [2.45, 2.75) is 45.4 Å². The molecule has 0 aliphatic carbocycles. The van der Waals surface area contributed by atoms with Crippen molar-refractivity contribution in [2.24, 2.45) is 0 Å². The zero-order chi connectivity index (χ0) is 22.5. The van der Waals surface area contributed by atoms with Crippen LogP contribution in [0.3, 0.4) is 0 Å². The van der Waals surface area contributed by atoms with Crippen LogP contribution in [0.2, 0.25) is 0 Å². The van der Waals surface area contributed by atoms with Crippen LogP contribution < -0.4 is 0 Å². The second-order valence-corrected chi connectivity index (χ2v) is 7.55. The number of rotatable bonds is 8. The van der Waals surface area contributed by atoms with Crippen molar-refractivity contribution in [1.82, 2.24) is 0 Å². The molecule has 0 radical (unpaired) electrons. The second-order valence-electron chi connectivity index (χ2n) is 7.55. The summed E-state index contributed by atoms with van der Waals surface area (Å²) in [4.78, 5) is 0. The molecule has 0 saturated carbocycles. The Balaban J connectivity index is 1.94. The first-order chi connectivity index (χ1) is 14.8. The Labute approximate surface area is 177 Å². The number of halogens is 6. The molecule has 0 aliphatic heterocycles. The van der Waals surface area contributed by atoms with E-state index in [2.05, 4.69) is 6.92 Å². The molecule has 0 fully saturated rings. The van der Waals surface area contributed by atoms with Crippen LogP contribution >= 0.6 is 0 Å². The highest BCUT2D eigenvalue weighted by molar-refractivity contribution is 5.90. The van der Waals surface area contributed by atoms with Gasteiger partial charge in [-0.25, -0.2) is 17.6 Å². The molecule has 0 N–H and O–H groups in total. The maximum absolute atomic E-state index is 14.7. The Morgan fingerprint density at radius 1 is 0.806 bits per heavy atom. The van der Waals surface area contributed by atoms with Gasteiger partial charge in [-0.1, -0.05) is 44.7 Å². The summed E-state index contributed by atoms with van der Waals surface area (Å²) in [6, 6.07) is 7.58.